The first-order valence-corrected chi connectivity index (χ1v) is 7.32. The third-order valence-corrected chi connectivity index (χ3v) is 2.78. The van der Waals surface area contributed by atoms with E-state index in [0.717, 1.165) is 5.56 Å². The van der Waals surface area contributed by atoms with Gasteiger partial charge in [0.25, 0.3) is 0 Å². The summed E-state index contributed by atoms with van der Waals surface area (Å²) in [6.07, 6.45) is -0.639. The summed E-state index contributed by atoms with van der Waals surface area (Å²) >= 11 is 0. The van der Waals surface area contributed by atoms with Gasteiger partial charge in [0.15, 0.2) is 0 Å². The predicted molar refractivity (Wildman–Crippen MR) is 81.0 cm³/mol. The monoisotopic (exact) mass is 299 g/mol. The van der Waals surface area contributed by atoms with Crippen molar-refractivity contribution in [3.63, 3.8) is 0 Å². The van der Waals surface area contributed by atoms with Crippen LogP contribution in [0.5, 0.6) is 5.75 Å². The van der Waals surface area contributed by atoms with Gasteiger partial charge in [-0.05, 0) is 32.0 Å². The lowest BCUT2D eigenvalue weighted by Crippen LogP contribution is -2.26. The van der Waals surface area contributed by atoms with Crippen molar-refractivity contribution in [3.05, 3.63) is 29.6 Å². The molecule has 5 heteroatoms. The minimum atomic E-state index is -0.705. The van der Waals surface area contributed by atoms with Gasteiger partial charge in [-0.1, -0.05) is 13.8 Å². The van der Waals surface area contributed by atoms with E-state index in [1.54, 1.807) is 6.07 Å². The van der Waals surface area contributed by atoms with Crippen molar-refractivity contribution in [1.82, 2.24) is 5.32 Å². The van der Waals surface area contributed by atoms with Gasteiger partial charge in [-0.2, -0.15) is 0 Å². The molecule has 1 rings (SSSR count). The number of aliphatic hydroxyl groups is 1. The molecule has 1 atom stereocenters. The normalized spacial score (nSPS) is 13.0. The molecule has 0 aliphatic rings. The number of rotatable bonds is 9. The van der Waals surface area contributed by atoms with E-state index in [4.69, 9.17) is 9.47 Å². The first kappa shape index (κ1) is 17.9. The molecule has 0 fully saturated rings. The zero-order chi connectivity index (χ0) is 15.8. The van der Waals surface area contributed by atoms with Crippen molar-refractivity contribution in [2.75, 3.05) is 13.2 Å². The summed E-state index contributed by atoms with van der Waals surface area (Å²) < 4.78 is 24.2. The van der Waals surface area contributed by atoms with Crippen molar-refractivity contribution in [3.8, 4) is 5.75 Å². The van der Waals surface area contributed by atoms with Crippen LogP contribution >= 0.6 is 0 Å². The zero-order valence-electron chi connectivity index (χ0n) is 13.2. The average molecular weight is 299 g/mol. The third kappa shape index (κ3) is 7.41. The van der Waals surface area contributed by atoms with Crippen LogP contribution in [-0.2, 0) is 11.3 Å². The maximum absolute atomic E-state index is 13.3. The minimum Gasteiger partial charge on any atom is -0.490 e. The van der Waals surface area contributed by atoms with Crippen LogP contribution in [-0.4, -0.2) is 36.6 Å². The molecule has 0 bridgehead atoms. The summed E-state index contributed by atoms with van der Waals surface area (Å²) in [7, 11) is 0. The van der Waals surface area contributed by atoms with Crippen LogP contribution in [0.3, 0.4) is 0 Å². The van der Waals surface area contributed by atoms with Gasteiger partial charge < -0.3 is 19.9 Å². The predicted octanol–water partition coefficient (Wildman–Crippen LogP) is 2.49. The molecule has 0 saturated carbocycles. The highest BCUT2D eigenvalue weighted by molar-refractivity contribution is 5.34. The third-order valence-electron chi connectivity index (χ3n) is 2.78. The second-order valence-corrected chi connectivity index (χ2v) is 5.63. The van der Waals surface area contributed by atoms with Crippen molar-refractivity contribution < 1.29 is 19.0 Å². The van der Waals surface area contributed by atoms with Gasteiger partial charge in [-0.25, -0.2) is 4.39 Å². The number of hydrogen-bond donors (Lipinski definition) is 2. The van der Waals surface area contributed by atoms with E-state index in [2.05, 4.69) is 5.32 Å². The number of nitrogens with one attached hydrogen (secondary N) is 1. The Hall–Kier alpha value is -1.17. The summed E-state index contributed by atoms with van der Waals surface area (Å²) in [5.74, 6) is 0.278. The van der Waals surface area contributed by atoms with Crippen molar-refractivity contribution in [1.29, 1.82) is 0 Å². The molecule has 0 aromatic heterocycles. The maximum atomic E-state index is 13.3. The Kier molecular flexibility index (Phi) is 7.64. The molecule has 1 aromatic carbocycles. The Morgan fingerprint density at radius 2 is 1.90 bits per heavy atom. The summed E-state index contributed by atoms with van der Waals surface area (Å²) in [4.78, 5) is 0. The second kappa shape index (κ2) is 8.97. The molecule has 2 N–H and O–H groups in total. The molecule has 0 amide bonds. The Labute approximate surface area is 126 Å². The van der Waals surface area contributed by atoms with Crippen molar-refractivity contribution in [2.24, 2.45) is 0 Å². The first-order chi connectivity index (χ1) is 9.88. The SMILES string of the molecule is CC(C)NCc1cc(F)ccc1OCC(O)COC(C)C. The molecule has 0 radical (unpaired) electrons. The Bertz CT molecular complexity index is 424. The topological polar surface area (TPSA) is 50.7 Å². The molecule has 0 aliphatic carbocycles. The van der Waals surface area contributed by atoms with Gasteiger partial charge in [0, 0.05) is 18.2 Å². The molecule has 4 nitrogen and oxygen atoms in total. The van der Waals surface area contributed by atoms with Crippen LogP contribution in [0.4, 0.5) is 4.39 Å². The lowest BCUT2D eigenvalue weighted by molar-refractivity contribution is -0.0124. The zero-order valence-corrected chi connectivity index (χ0v) is 13.2. The number of halogens is 1. The van der Waals surface area contributed by atoms with Crippen LogP contribution in [0.15, 0.2) is 18.2 Å². The average Bonchev–Trinajstić information content (AvgIpc) is 2.41. The van der Waals surface area contributed by atoms with E-state index in [1.165, 1.54) is 12.1 Å². The summed E-state index contributed by atoms with van der Waals surface area (Å²) in [5, 5.41) is 13.0. The second-order valence-electron chi connectivity index (χ2n) is 5.63. The van der Waals surface area contributed by atoms with E-state index >= 15 is 0 Å². The van der Waals surface area contributed by atoms with Gasteiger partial charge >= 0.3 is 0 Å². The van der Waals surface area contributed by atoms with E-state index in [9.17, 15) is 9.50 Å². The van der Waals surface area contributed by atoms with Gasteiger partial charge in [0.05, 0.1) is 12.7 Å². The van der Waals surface area contributed by atoms with Crippen LogP contribution in [0.25, 0.3) is 0 Å². The van der Waals surface area contributed by atoms with E-state index in [-0.39, 0.29) is 25.1 Å². The molecule has 0 aliphatic heterocycles. The molecule has 0 saturated heterocycles. The minimum absolute atomic E-state index is 0.0660. The number of ether oxygens (including phenoxy) is 2. The lowest BCUT2D eigenvalue weighted by Gasteiger charge is -2.17. The molecule has 120 valence electrons. The summed E-state index contributed by atoms with van der Waals surface area (Å²) in [6, 6.07) is 4.68. The van der Waals surface area contributed by atoms with E-state index < -0.39 is 6.10 Å². The largest absolute Gasteiger partial charge is 0.490 e. The first-order valence-electron chi connectivity index (χ1n) is 7.32. The molecule has 1 aromatic rings. The quantitative estimate of drug-likeness (QED) is 0.735. The van der Waals surface area contributed by atoms with Gasteiger partial charge in [0.1, 0.15) is 24.3 Å². The highest BCUT2D eigenvalue weighted by Gasteiger charge is 2.10. The van der Waals surface area contributed by atoms with Crippen molar-refractivity contribution >= 4 is 0 Å². The molecule has 21 heavy (non-hydrogen) atoms. The van der Waals surface area contributed by atoms with Crippen LogP contribution in [0, 0.1) is 5.82 Å². The Balaban J connectivity index is 2.56. The molecule has 0 spiro atoms. The fourth-order valence-electron chi connectivity index (χ4n) is 1.68. The van der Waals surface area contributed by atoms with Crippen LogP contribution in [0.1, 0.15) is 33.3 Å². The van der Waals surface area contributed by atoms with Gasteiger partial charge in [-0.3, -0.25) is 0 Å². The number of hydrogen-bond acceptors (Lipinski definition) is 4. The molecule has 0 heterocycles. The smallest absolute Gasteiger partial charge is 0.124 e. The fraction of sp³-hybridized carbons (Fsp3) is 0.625. The maximum Gasteiger partial charge on any atom is 0.124 e. The molecular weight excluding hydrogens is 273 g/mol. The summed E-state index contributed by atoms with van der Waals surface area (Å²) in [6.45, 7) is 8.71. The number of benzene rings is 1. The molecular formula is C16H26FNO3. The van der Waals surface area contributed by atoms with Gasteiger partial charge in [0.2, 0.25) is 0 Å². The van der Waals surface area contributed by atoms with E-state index in [0.29, 0.717) is 18.3 Å². The number of aliphatic hydroxyl groups excluding tert-OH is 1. The summed E-state index contributed by atoms with van der Waals surface area (Å²) in [5.41, 5.74) is 0.737. The Morgan fingerprint density at radius 1 is 1.19 bits per heavy atom. The van der Waals surface area contributed by atoms with Crippen LogP contribution < -0.4 is 10.1 Å². The van der Waals surface area contributed by atoms with Gasteiger partial charge in [-0.15, -0.1) is 0 Å². The lowest BCUT2D eigenvalue weighted by atomic mass is 10.2. The fourth-order valence-corrected chi connectivity index (χ4v) is 1.68. The van der Waals surface area contributed by atoms with Crippen LogP contribution in [0.2, 0.25) is 0 Å². The van der Waals surface area contributed by atoms with Crippen molar-refractivity contribution in [2.45, 2.75) is 52.5 Å². The Morgan fingerprint density at radius 3 is 2.52 bits per heavy atom. The molecule has 1 unspecified atom stereocenters. The standard InChI is InChI=1S/C16H26FNO3/c1-11(2)18-8-13-7-14(17)5-6-16(13)21-10-15(19)9-20-12(3)4/h5-7,11-12,15,18-19H,8-10H2,1-4H3. The highest BCUT2D eigenvalue weighted by atomic mass is 19.1. The van der Waals surface area contributed by atoms with E-state index in [1.807, 2.05) is 27.7 Å². The highest BCUT2D eigenvalue weighted by Crippen LogP contribution is 2.20.